The molecule has 1 nitrogen and oxygen atoms in total. The smallest absolute Gasteiger partial charge is 0.0572 e. The number of hydrogen-bond acceptors (Lipinski definition) is 1. The highest BCUT2D eigenvalue weighted by atomic mass is 14.7. The second-order valence-electron chi connectivity index (χ2n) is 2.86. The van der Waals surface area contributed by atoms with E-state index in [1.165, 1.54) is 11.3 Å². The first kappa shape index (κ1) is 11.2. The van der Waals surface area contributed by atoms with Crippen LogP contribution in [0, 0.1) is 0 Å². The molecule has 0 amide bonds. The molecular formula is C11H19N. The van der Waals surface area contributed by atoms with Crippen LogP contribution in [0.3, 0.4) is 0 Å². The van der Waals surface area contributed by atoms with Crippen molar-refractivity contribution in [3.05, 3.63) is 23.8 Å². The minimum Gasteiger partial charge on any atom is -0.290 e. The molecule has 0 atom stereocenters. The molecule has 0 radical (unpaired) electrons. The van der Waals surface area contributed by atoms with E-state index in [0.29, 0.717) is 0 Å². The molecule has 0 saturated carbocycles. The second-order valence-corrected chi connectivity index (χ2v) is 2.86. The number of aliphatic imine (C=N–C) groups is 1. The van der Waals surface area contributed by atoms with Crippen LogP contribution < -0.4 is 0 Å². The fraction of sp³-hybridized carbons (Fsp3) is 0.545. The van der Waals surface area contributed by atoms with Gasteiger partial charge in [-0.3, -0.25) is 4.99 Å². The molecule has 0 aromatic rings. The third-order valence-electron chi connectivity index (χ3n) is 1.81. The van der Waals surface area contributed by atoms with Crippen LogP contribution in [0.15, 0.2) is 28.8 Å². The summed E-state index contributed by atoms with van der Waals surface area (Å²) in [6.45, 7) is 9.13. The van der Waals surface area contributed by atoms with E-state index < -0.39 is 0 Å². The summed E-state index contributed by atoms with van der Waals surface area (Å²) in [5, 5.41) is 0. The van der Waals surface area contributed by atoms with Crippen molar-refractivity contribution < 1.29 is 0 Å². The Labute approximate surface area is 75.9 Å². The Bertz CT molecular complexity index is 197. The van der Waals surface area contributed by atoms with Gasteiger partial charge in [0.05, 0.1) is 6.54 Å². The molecule has 0 aliphatic rings. The molecule has 0 fully saturated rings. The van der Waals surface area contributed by atoms with Gasteiger partial charge in [-0.1, -0.05) is 30.7 Å². The summed E-state index contributed by atoms with van der Waals surface area (Å²) in [6, 6.07) is 0. The topological polar surface area (TPSA) is 12.4 Å². The van der Waals surface area contributed by atoms with Crippen molar-refractivity contribution in [2.45, 2.75) is 34.1 Å². The number of allylic oxidation sites excluding steroid dienone is 3. The van der Waals surface area contributed by atoms with Gasteiger partial charge in [0.25, 0.3) is 0 Å². The van der Waals surface area contributed by atoms with Crippen molar-refractivity contribution >= 4 is 5.71 Å². The van der Waals surface area contributed by atoms with E-state index in [1.54, 1.807) is 0 Å². The summed E-state index contributed by atoms with van der Waals surface area (Å²) in [4.78, 5) is 4.35. The lowest BCUT2D eigenvalue weighted by Crippen LogP contribution is -1.88. The highest BCUT2D eigenvalue weighted by Crippen LogP contribution is 1.93. The Morgan fingerprint density at radius 3 is 2.50 bits per heavy atom. The molecule has 0 aromatic carbocycles. The van der Waals surface area contributed by atoms with Gasteiger partial charge in [-0.25, -0.2) is 0 Å². The summed E-state index contributed by atoms with van der Waals surface area (Å²) < 4.78 is 0. The monoisotopic (exact) mass is 165 g/mol. The summed E-state index contributed by atoms with van der Waals surface area (Å²) in [7, 11) is 0. The Hall–Kier alpha value is -0.850. The first-order chi connectivity index (χ1) is 5.70. The highest BCUT2D eigenvalue weighted by Gasteiger charge is 1.81. The third-order valence-corrected chi connectivity index (χ3v) is 1.81. The van der Waals surface area contributed by atoms with Crippen LogP contribution in [0.2, 0.25) is 0 Å². The summed E-state index contributed by atoms with van der Waals surface area (Å²) in [6.07, 6.45) is 7.34. The molecule has 0 rings (SSSR count). The maximum Gasteiger partial charge on any atom is 0.0572 e. The standard InChI is InChI=1S/C11H19N/c1-5-10(3)8-7-9-12-11(4)6-2/h5,7-8H,6,9H2,1-4H3/b8-7+,10-5+,12-11+. The van der Waals surface area contributed by atoms with E-state index in [-0.39, 0.29) is 0 Å². The van der Waals surface area contributed by atoms with Crippen molar-refractivity contribution in [1.82, 2.24) is 0 Å². The minimum atomic E-state index is 0.810. The molecule has 0 aromatic heterocycles. The van der Waals surface area contributed by atoms with E-state index in [2.05, 4.69) is 44.0 Å². The van der Waals surface area contributed by atoms with E-state index in [1.807, 2.05) is 6.92 Å². The molecule has 0 aliphatic carbocycles. The lowest BCUT2D eigenvalue weighted by molar-refractivity contribution is 1.16. The van der Waals surface area contributed by atoms with Gasteiger partial charge in [0.1, 0.15) is 0 Å². The summed E-state index contributed by atoms with van der Waals surface area (Å²) in [5.41, 5.74) is 2.51. The Kier molecular flexibility index (Phi) is 6.35. The van der Waals surface area contributed by atoms with Crippen molar-refractivity contribution in [2.75, 3.05) is 6.54 Å². The molecule has 0 spiro atoms. The summed E-state index contributed by atoms with van der Waals surface area (Å²) in [5.74, 6) is 0. The van der Waals surface area contributed by atoms with Crippen LogP contribution >= 0.6 is 0 Å². The first-order valence-corrected chi connectivity index (χ1v) is 4.50. The van der Waals surface area contributed by atoms with Crippen molar-refractivity contribution in [1.29, 1.82) is 0 Å². The maximum absolute atomic E-state index is 4.35. The van der Waals surface area contributed by atoms with Gasteiger partial charge in [0.2, 0.25) is 0 Å². The van der Waals surface area contributed by atoms with Crippen molar-refractivity contribution in [3.8, 4) is 0 Å². The normalized spacial score (nSPS) is 14.3. The van der Waals surface area contributed by atoms with E-state index in [4.69, 9.17) is 0 Å². The Morgan fingerprint density at radius 2 is 2.00 bits per heavy atom. The van der Waals surface area contributed by atoms with Gasteiger partial charge in [-0.15, -0.1) is 0 Å². The van der Waals surface area contributed by atoms with E-state index in [9.17, 15) is 0 Å². The molecule has 0 unspecified atom stereocenters. The van der Waals surface area contributed by atoms with Crippen molar-refractivity contribution in [2.24, 2.45) is 4.99 Å². The SMILES string of the molecule is C/C=C(C)/C=C/C/N=C(\C)CC. The third kappa shape index (κ3) is 5.90. The molecule has 0 bridgehead atoms. The predicted molar refractivity (Wildman–Crippen MR) is 56.8 cm³/mol. The summed E-state index contributed by atoms with van der Waals surface area (Å²) >= 11 is 0. The van der Waals surface area contributed by atoms with Gasteiger partial charge < -0.3 is 0 Å². The van der Waals surface area contributed by atoms with Crippen LogP contribution in [0.1, 0.15) is 34.1 Å². The largest absolute Gasteiger partial charge is 0.290 e. The fourth-order valence-corrected chi connectivity index (χ4v) is 0.655. The molecule has 0 N–H and O–H groups in total. The van der Waals surface area contributed by atoms with Crippen LogP contribution in [-0.4, -0.2) is 12.3 Å². The number of nitrogens with zero attached hydrogens (tertiary/aromatic N) is 1. The molecule has 1 heteroatoms. The van der Waals surface area contributed by atoms with Crippen LogP contribution in [-0.2, 0) is 0 Å². The average molecular weight is 165 g/mol. The van der Waals surface area contributed by atoms with E-state index in [0.717, 1.165) is 13.0 Å². The quantitative estimate of drug-likeness (QED) is 0.447. The van der Waals surface area contributed by atoms with Crippen LogP contribution in [0.5, 0.6) is 0 Å². The van der Waals surface area contributed by atoms with E-state index >= 15 is 0 Å². The number of hydrogen-bond donors (Lipinski definition) is 0. The first-order valence-electron chi connectivity index (χ1n) is 4.50. The van der Waals surface area contributed by atoms with Gasteiger partial charge in [0.15, 0.2) is 0 Å². The second kappa shape index (κ2) is 6.84. The van der Waals surface area contributed by atoms with Crippen molar-refractivity contribution in [3.63, 3.8) is 0 Å². The molecule has 12 heavy (non-hydrogen) atoms. The average Bonchev–Trinajstić information content (AvgIpc) is 2.11. The maximum atomic E-state index is 4.35. The molecule has 68 valence electrons. The molecular weight excluding hydrogens is 146 g/mol. The Balaban J connectivity index is 3.77. The minimum absolute atomic E-state index is 0.810. The highest BCUT2D eigenvalue weighted by molar-refractivity contribution is 5.81. The zero-order valence-corrected chi connectivity index (χ0v) is 8.59. The molecule has 0 saturated heterocycles. The van der Waals surface area contributed by atoms with Gasteiger partial charge in [-0.2, -0.15) is 0 Å². The zero-order chi connectivity index (χ0) is 9.40. The lowest BCUT2D eigenvalue weighted by Gasteiger charge is -1.91. The van der Waals surface area contributed by atoms with Gasteiger partial charge in [0, 0.05) is 5.71 Å². The molecule has 0 heterocycles. The zero-order valence-electron chi connectivity index (χ0n) is 8.59. The van der Waals surface area contributed by atoms with Gasteiger partial charge >= 0.3 is 0 Å². The number of rotatable bonds is 4. The van der Waals surface area contributed by atoms with Crippen LogP contribution in [0.25, 0.3) is 0 Å². The van der Waals surface area contributed by atoms with Gasteiger partial charge in [-0.05, 0) is 27.2 Å². The fourth-order valence-electron chi connectivity index (χ4n) is 0.655. The molecule has 0 aliphatic heterocycles. The Morgan fingerprint density at radius 1 is 1.33 bits per heavy atom. The predicted octanol–water partition coefficient (Wildman–Crippen LogP) is 3.38. The lowest BCUT2D eigenvalue weighted by atomic mass is 10.2. The van der Waals surface area contributed by atoms with Crippen LogP contribution in [0.4, 0.5) is 0 Å².